The summed E-state index contributed by atoms with van der Waals surface area (Å²) in [5, 5.41) is 14.4. The molecule has 0 atom stereocenters. The van der Waals surface area contributed by atoms with Gasteiger partial charge in [-0.15, -0.1) is 0 Å². The maximum atomic E-state index is 11.6. The van der Waals surface area contributed by atoms with Gasteiger partial charge in [-0.3, -0.25) is 14.9 Å². The van der Waals surface area contributed by atoms with Crippen molar-refractivity contribution in [2.24, 2.45) is 5.10 Å². The number of nitro benzene ring substituents is 1. The summed E-state index contributed by atoms with van der Waals surface area (Å²) in [6.45, 7) is 3.86. The van der Waals surface area contributed by atoms with E-state index in [1.54, 1.807) is 0 Å². The Balaban J connectivity index is 2.67. The number of amides is 1. The third kappa shape index (κ3) is 3.97. The minimum Gasteiger partial charge on any atom is -0.267 e. The van der Waals surface area contributed by atoms with Crippen molar-refractivity contribution < 1.29 is 9.72 Å². The van der Waals surface area contributed by atoms with Crippen molar-refractivity contribution >= 4 is 17.3 Å². The van der Waals surface area contributed by atoms with Crippen LogP contribution in [0.15, 0.2) is 29.4 Å². The van der Waals surface area contributed by atoms with Gasteiger partial charge in [-0.25, -0.2) is 5.43 Å². The molecule has 1 aromatic carbocycles. The molecule has 18 heavy (non-hydrogen) atoms. The van der Waals surface area contributed by atoms with Gasteiger partial charge in [0.2, 0.25) is 0 Å². The smallest absolute Gasteiger partial charge is 0.267 e. The molecule has 0 spiro atoms. The first-order chi connectivity index (χ1) is 8.54. The van der Waals surface area contributed by atoms with E-state index in [4.69, 9.17) is 0 Å². The van der Waals surface area contributed by atoms with Crippen LogP contribution in [0.4, 0.5) is 5.69 Å². The Bertz CT molecular complexity index is 466. The van der Waals surface area contributed by atoms with Gasteiger partial charge in [0, 0.05) is 23.4 Å². The fourth-order valence-electron chi connectivity index (χ4n) is 1.36. The Labute approximate surface area is 105 Å². The van der Waals surface area contributed by atoms with Crippen LogP contribution in [-0.2, 0) is 0 Å². The maximum absolute atomic E-state index is 11.6. The van der Waals surface area contributed by atoms with Crippen LogP contribution in [0.1, 0.15) is 37.0 Å². The lowest BCUT2D eigenvalue weighted by atomic mass is 10.2. The molecule has 0 bridgehead atoms. The van der Waals surface area contributed by atoms with Gasteiger partial charge in [0.25, 0.3) is 11.6 Å². The molecule has 0 aromatic heterocycles. The normalized spacial score (nSPS) is 11.1. The number of nitro groups is 1. The molecular formula is C12H15N3O3. The predicted octanol–water partition coefficient (Wildman–Crippen LogP) is 2.50. The summed E-state index contributed by atoms with van der Waals surface area (Å²) in [6.07, 6.45) is 1.78. The molecule has 1 rings (SSSR count). The number of non-ortho nitro benzene ring substituents is 1. The average Bonchev–Trinajstić information content (AvgIpc) is 2.36. The number of carbonyl (C=O) groups excluding carboxylic acids is 1. The number of nitrogens with one attached hydrogen (secondary N) is 1. The van der Waals surface area contributed by atoms with Gasteiger partial charge in [0.05, 0.1) is 4.92 Å². The number of hydrazone groups is 1. The van der Waals surface area contributed by atoms with Crippen LogP contribution < -0.4 is 5.43 Å². The number of nitrogens with zero attached hydrogens (tertiary/aromatic N) is 2. The Morgan fingerprint density at radius 3 is 2.50 bits per heavy atom. The van der Waals surface area contributed by atoms with E-state index in [0.717, 1.165) is 18.6 Å². The second-order valence-corrected chi connectivity index (χ2v) is 3.84. The molecule has 0 saturated heterocycles. The molecule has 1 N–H and O–H groups in total. The first-order valence-corrected chi connectivity index (χ1v) is 5.62. The fraction of sp³-hybridized carbons (Fsp3) is 0.333. The Kier molecular flexibility index (Phi) is 4.98. The summed E-state index contributed by atoms with van der Waals surface area (Å²) in [6, 6.07) is 5.38. The Hall–Kier alpha value is -2.24. The molecule has 0 saturated carbocycles. The molecule has 96 valence electrons. The van der Waals surface area contributed by atoms with Crippen molar-refractivity contribution in [1.82, 2.24) is 5.43 Å². The lowest BCUT2D eigenvalue weighted by Gasteiger charge is -2.01. The zero-order valence-corrected chi connectivity index (χ0v) is 10.3. The average molecular weight is 249 g/mol. The SMILES string of the molecule is CCC/C(C)=N/NC(=O)c1ccc([N+](=O)[O-])cc1. The number of benzene rings is 1. The summed E-state index contributed by atoms with van der Waals surface area (Å²) in [5.74, 6) is -0.375. The molecular weight excluding hydrogens is 234 g/mol. The monoisotopic (exact) mass is 249 g/mol. The molecule has 0 aliphatic carbocycles. The highest BCUT2D eigenvalue weighted by Gasteiger charge is 2.08. The summed E-state index contributed by atoms with van der Waals surface area (Å²) < 4.78 is 0. The van der Waals surface area contributed by atoms with Crippen LogP contribution in [0.2, 0.25) is 0 Å². The maximum Gasteiger partial charge on any atom is 0.271 e. The second-order valence-electron chi connectivity index (χ2n) is 3.84. The molecule has 1 amide bonds. The summed E-state index contributed by atoms with van der Waals surface area (Å²) >= 11 is 0. The van der Waals surface area contributed by atoms with Gasteiger partial charge < -0.3 is 0 Å². The van der Waals surface area contributed by atoms with Crippen molar-refractivity contribution in [3.05, 3.63) is 39.9 Å². The van der Waals surface area contributed by atoms with Crippen molar-refractivity contribution in [3.63, 3.8) is 0 Å². The van der Waals surface area contributed by atoms with Crippen molar-refractivity contribution in [3.8, 4) is 0 Å². The largest absolute Gasteiger partial charge is 0.271 e. The third-order valence-corrected chi connectivity index (χ3v) is 2.30. The molecule has 0 unspecified atom stereocenters. The third-order valence-electron chi connectivity index (χ3n) is 2.30. The summed E-state index contributed by atoms with van der Waals surface area (Å²) in [4.78, 5) is 21.6. The second kappa shape index (κ2) is 6.48. The summed E-state index contributed by atoms with van der Waals surface area (Å²) in [7, 11) is 0. The first-order valence-electron chi connectivity index (χ1n) is 5.62. The topological polar surface area (TPSA) is 84.6 Å². The number of hydrogen-bond donors (Lipinski definition) is 1. The molecule has 0 radical (unpaired) electrons. The minimum atomic E-state index is -0.509. The number of rotatable bonds is 5. The van der Waals surface area contributed by atoms with E-state index in [1.165, 1.54) is 24.3 Å². The number of carbonyl (C=O) groups is 1. The highest BCUT2D eigenvalue weighted by molar-refractivity contribution is 5.95. The van der Waals surface area contributed by atoms with E-state index in [2.05, 4.69) is 10.5 Å². The van der Waals surface area contributed by atoms with Crippen LogP contribution in [-0.4, -0.2) is 16.5 Å². The van der Waals surface area contributed by atoms with E-state index < -0.39 is 4.92 Å². The zero-order valence-electron chi connectivity index (χ0n) is 10.3. The van der Waals surface area contributed by atoms with Gasteiger partial charge in [0.1, 0.15) is 0 Å². The molecule has 1 aromatic rings. The minimum absolute atomic E-state index is 0.0442. The van der Waals surface area contributed by atoms with Crippen LogP contribution in [0, 0.1) is 10.1 Å². The first kappa shape index (κ1) is 13.8. The highest BCUT2D eigenvalue weighted by Crippen LogP contribution is 2.11. The van der Waals surface area contributed by atoms with Crippen LogP contribution in [0.25, 0.3) is 0 Å². The van der Waals surface area contributed by atoms with Gasteiger partial charge in [0.15, 0.2) is 0 Å². The molecule has 0 aliphatic rings. The van der Waals surface area contributed by atoms with Gasteiger partial charge >= 0.3 is 0 Å². The van der Waals surface area contributed by atoms with Gasteiger partial charge in [-0.1, -0.05) is 13.3 Å². The highest BCUT2D eigenvalue weighted by atomic mass is 16.6. The lowest BCUT2D eigenvalue weighted by Crippen LogP contribution is -2.18. The summed E-state index contributed by atoms with van der Waals surface area (Å²) in [5.41, 5.74) is 3.55. The van der Waals surface area contributed by atoms with E-state index in [0.29, 0.717) is 5.56 Å². The van der Waals surface area contributed by atoms with E-state index in [1.807, 2.05) is 13.8 Å². The molecule has 0 aliphatic heterocycles. The van der Waals surface area contributed by atoms with Crippen molar-refractivity contribution in [2.75, 3.05) is 0 Å². The van der Waals surface area contributed by atoms with Crippen LogP contribution in [0.3, 0.4) is 0 Å². The van der Waals surface area contributed by atoms with Gasteiger partial charge in [-0.05, 0) is 25.5 Å². The fourth-order valence-corrected chi connectivity index (χ4v) is 1.36. The van der Waals surface area contributed by atoms with Crippen molar-refractivity contribution in [1.29, 1.82) is 0 Å². The number of hydrogen-bond acceptors (Lipinski definition) is 4. The molecule has 6 heteroatoms. The zero-order chi connectivity index (χ0) is 13.5. The molecule has 0 heterocycles. The Morgan fingerprint density at radius 1 is 1.39 bits per heavy atom. The van der Waals surface area contributed by atoms with Crippen LogP contribution in [0.5, 0.6) is 0 Å². The molecule has 6 nitrogen and oxygen atoms in total. The Morgan fingerprint density at radius 2 is 2.00 bits per heavy atom. The predicted molar refractivity (Wildman–Crippen MR) is 68.6 cm³/mol. The van der Waals surface area contributed by atoms with E-state index in [9.17, 15) is 14.9 Å². The van der Waals surface area contributed by atoms with E-state index >= 15 is 0 Å². The van der Waals surface area contributed by atoms with Crippen LogP contribution >= 0.6 is 0 Å². The van der Waals surface area contributed by atoms with Crippen molar-refractivity contribution in [2.45, 2.75) is 26.7 Å². The van der Waals surface area contributed by atoms with E-state index in [-0.39, 0.29) is 11.6 Å². The lowest BCUT2D eigenvalue weighted by molar-refractivity contribution is -0.384. The molecule has 0 fully saturated rings. The standard InChI is InChI=1S/C12H15N3O3/c1-3-4-9(2)13-14-12(16)10-5-7-11(8-6-10)15(17)18/h5-8H,3-4H2,1-2H3,(H,14,16)/b13-9+. The van der Waals surface area contributed by atoms with Gasteiger partial charge in [-0.2, -0.15) is 5.10 Å². The quantitative estimate of drug-likeness (QED) is 0.494.